The maximum Gasteiger partial charge on any atom is 0.211 e. The number of piperazine rings is 1. The molecule has 4 nitrogen and oxygen atoms in total. The van der Waals surface area contributed by atoms with E-state index >= 15 is 0 Å². The predicted molar refractivity (Wildman–Crippen MR) is 79.2 cm³/mol. The van der Waals surface area contributed by atoms with Crippen LogP contribution in [0.4, 0.5) is 5.69 Å². The van der Waals surface area contributed by atoms with Gasteiger partial charge < -0.3 is 4.90 Å². The van der Waals surface area contributed by atoms with Gasteiger partial charge in [0.1, 0.15) is 0 Å². The summed E-state index contributed by atoms with van der Waals surface area (Å²) in [5.74, 6) is 0.476. The van der Waals surface area contributed by atoms with Crippen LogP contribution in [-0.2, 0) is 10.0 Å². The Kier molecular flexibility index (Phi) is 4.16. The van der Waals surface area contributed by atoms with E-state index in [9.17, 15) is 8.42 Å². The highest BCUT2D eigenvalue weighted by atomic mass is 32.2. The summed E-state index contributed by atoms with van der Waals surface area (Å²) in [5.41, 5.74) is 2.57. The van der Waals surface area contributed by atoms with Crippen LogP contribution in [0, 0.1) is 0 Å². The molecular weight excluding hydrogens is 260 g/mol. The quantitative estimate of drug-likeness (QED) is 0.850. The molecule has 1 heterocycles. The van der Waals surface area contributed by atoms with Crippen molar-refractivity contribution in [2.75, 3.05) is 37.3 Å². The van der Waals surface area contributed by atoms with E-state index in [1.54, 1.807) is 4.31 Å². The molecule has 106 valence electrons. The summed E-state index contributed by atoms with van der Waals surface area (Å²) in [7, 11) is -3.05. The van der Waals surface area contributed by atoms with E-state index in [1.807, 2.05) is 6.07 Å². The molecule has 0 saturated carbocycles. The highest BCUT2D eigenvalue weighted by Crippen LogP contribution is 2.28. The number of nitrogens with zero attached hydrogens (tertiary/aromatic N) is 2. The van der Waals surface area contributed by atoms with Gasteiger partial charge >= 0.3 is 0 Å². The van der Waals surface area contributed by atoms with Gasteiger partial charge in [-0.2, -0.15) is 4.31 Å². The molecule has 2 rings (SSSR count). The van der Waals surface area contributed by atoms with Crippen molar-refractivity contribution in [2.24, 2.45) is 0 Å². The normalized spacial score (nSPS) is 18.0. The van der Waals surface area contributed by atoms with Crippen LogP contribution in [0.3, 0.4) is 0 Å². The van der Waals surface area contributed by atoms with E-state index in [0.29, 0.717) is 19.0 Å². The Morgan fingerprint density at radius 2 is 1.63 bits per heavy atom. The Morgan fingerprint density at radius 1 is 1.05 bits per heavy atom. The number of para-hydroxylation sites is 1. The number of benzene rings is 1. The summed E-state index contributed by atoms with van der Waals surface area (Å²) in [5, 5.41) is 0. The highest BCUT2D eigenvalue weighted by molar-refractivity contribution is 7.88. The van der Waals surface area contributed by atoms with Gasteiger partial charge in [0.15, 0.2) is 0 Å². The molecule has 0 atom stereocenters. The SMILES string of the molecule is CC(C)c1ccccc1N1CCN(S(C)(=O)=O)CC1. The summed E-state index contributed by atoms with van der Waals surface area (Å²) >= 11 is 0. The molecule has 5 heteroatoms. The molecule has 1 saturated heterocycles. The van der Waals surface area contributed by atoms with Crippen LogP contribution in [0.2, 0.25) is 0 Å². The Labute approximate surface area is 116 Å². The van der Waals surface area contributed by atoms with Gasteiger partial charge in [0.2, 0.25) is 10.0 Å². The van der Waals surface area contributed by atoms with Crippen molar-refractivity contribution in [1.29, 1.82) is 0 Å². The fourth-order valence-electron chi connectivity index (χ4n) is 2.52. The molecular formula is C14H22N2O2S. The Balaban J connectivity index is 2.14. The average Bonchev–Trinajstić information content (AvgIpc) is 2.38. The van der Waals surface area contributed by atoms with E-state index in [-0.39, 0.29) is 0 Å². The zero-order chi connectivity index (χ0) is 14.0. The Bertz CT molecular complexity index is 532. The minimum Gasteiger partial charge on any atom is -0.369 e. The van der Waals surface area contributed by atoms with E-state index < -0.39 is 10.0 Å². The summed E-state index contributed by atoms with van der Waals surface area (Å²) in [6.07, 6.45) is 1.28. The van der Waals surface area contributed by atoms with Crippen LogP contribution in [0.1, 0.15) is 25.3 Å². The van der Waals surface area contributed by atoms with Gasteiger partial charge in [-0.25, -0.2) is 8.42 Å². The zero-order valence-corrected chi connectivity index (χ0v) is 12.7. The highest BCUT2D eigenvalue weighted by Gasteiger charge is 2.24. The Morgan fingerprint density at radius 3 is 2.16 bits per heavy atom. The molecule has 0 N–H and O–H groups in total. The molecule has 0 unspecified atom stereocenters. The molecule has 0 bridgehead atoms. The molecule has 0 radical (unpaired) electrons. The van der Waals surface area contributed by atoms with Gasteiger partial charge in [-0.05, 0) is 17.5 Å². The van der Waals surface area contributed by atoms with Crippen LogP contribution >= 0.6 is 0 Å². The molecule has 1 aromatic rings. The van der Waals surface area contributed by atoms with Gasteiger partial charge in [-0.3, -0.25) is 0 Å². The lowest BCUT2D eigenvalue weighted by Crippen LogP contribution is -2.48. The van der Waals surface area contributed by atoms with Crippen LogP contribution in [0.15, 0.2) is 24.3 Å². The number of anilines is 1. The van der Waals surface area contributed by atoms with Crippen LogP contribution in [0.25, 0.3) is 0 Å². The van der Waals surface area contributed by atoms with Gasteiger partial charge in [0.25, 0.3) is 0 Å². The average molecular weight is 282 g/mol. The van der Waals surface area contributed by atoms with Crippen LogP contribution in [-0.4, -0.2) is 45.2 Å². The largest absolute Gasteiger partial charge is 0.369 e. The number of rotatable bonds is 3. The third-order valence-electron chi connectivity index (χ3n) is 3.61. The van der Waals surface area contributed by atoms with Crippen molar-refractivity contribution >= 4 is 15.7 Å². The van der Waals surface area contributed by atoms with Crippen molar-refractivity contribution in [3.8, 4) is 0 Å². The van der Waals surface area contributed by atoms with Gasteiger partial charge in [0, 0.05) is 31.9 Å². The molecule has 1 aromatic carbocycles. The summed E-state index contributed by atoms with van der Waals surface area (Å²) in [6.45, 7) is 7.04. The molecule has 0 amide bonds. The monoisotopic (exact) mass is 282 g/mol. The first kappa shape index (κ1) is 14.3. The van der Waals surface area contributed by atoms with Crippen molar-refractivity contribution in [3.05, 3.63) is 29.8 Å². The lowest BCUT2D eigenvalue weighted by Gasteiger charge is -2.36. The van der Waals surface area contributed by atoms with Crippen LogP contribution < -0.4 is 4.90 Å². The van der Waals surface area contributed by atoms with Gasteiger partial charge in [-0.1, -0.05) is 32.0 Å². The first-order valence-corrected chi connectivity index (χ1v) is 8.53. The van der Waals surface area contributed by atoms with E-state index in [2.05, 4.69) is 36.9 Å². The second-order valence-corrected chi connectivity index (χ2v) is 7.35. The summed E-state index contributed by atoms with van der Waals surface area (Å²) in [4.78, 5) is 2.29. The van der Waals surface area contributed by atoms with Crippen molar-refractivity contribution < 1.29 is 8.42 Å². The molecule has 0 aromatic heterocycles. The van der Waals surface area contributed by atoms with E-state index in [0.717, 1.165) is 13.1 Å². The van der Waals surface area contributed by atoms with Gasteiger partial charge in [0.05, 0.1) is 6.26 Å². The summed E-state index contributed by atoms with van der Waals surface area (Å²) < 4.78 is 24.6. The van der Waals surface area contributed by atoms with Crippen molar-refractivity contribution in [1.82, 2.24) is 4.31 Å². The minimum atomic E-state index is -3.05. The number of sulfonamides is 1. The molecule has 0 aliphatic carbocycles. The zero-order valence-electron chi connectivity index (χ0n) is 11.8. The Hall–Kier alpha value is -1.07. The van der Waals surface area contributed by atoms with Crippen LogP contribution in [0.5, 0.6) is 0 Å². The lowest BCUT2D eigenvalue weighted by atomic mass is 10.00. The third kappa shape index (κ3) is 3.28. The molecule has 1 aliphatic heterocycles. The second-order valence-electron chi connectivity index (χ2n) is 5.36. The maximum absolute atomic E-state index is 11.5. The third-order valence-corrected chi connectivity index (χ3v) is 4.91. The first-order valence-electron chi connectivity index (χ1n) is 6.68. The maximum atomic E-state index is 11.5. The topological polar surface area (TPSA) is 40.6 Å². The predicted octanol–water partition coefficient (Wildman–Crippen LogP) is 1.89. The second kappa shape index (κ2) is 5.51. The fourth-order valence-corrected chi connectivity index (χ4v) is 3.35. The molecule has 0 spiro atoms. The number of hydrogen-bond donors (Lipinski definition) is 0. The first-order chi connectivity index (χ1) is 8.89. The number of hydrogen-bond acceptors (Lipinski definition) is 3. The smallest absolute Gasteiger partial charge is 0.211 e. The standard InChI is InChI=1S/C14H22N2O2S/c1-12(2)13-6-4-5-7-14(13)15-8-10-16(11-9-15)19(3,17)18/h4-7,12H,8-11H2,1-3H3. The molecule has 19 heavy (non-hydrogen) atoms. The van der Waals surface area contributed by atoms with E-state index in [1.165, 1.54) is 17.5 Å². The summed E-state index contributed by atoms with van der Waals surface area (Å²) in [6, 6.07) is 8.39. The fraction of sp³-hybridized carbons (Fsp3) is 0.571. The van der Waals surface area contributed by atoms with Gasteiger partial charge in [-0.15, -0.1) is 0 Å². The van der Waals surface area contributed by atoms with E-state index in [4.69, 9.17) is 0 Å². The van der Waals surface area contributed by atoms with Crippen molar-refractivity contribution in [2.45, 2.75) is 19.8 Å². The molecule has 1 aliphatic rings. The minimum absolute atomic E-state index is 0.476. The molecule has 1 fully saturated rings. The lowest BCUT2D eigenvalue weighted by molar-refractivity contribution is 0.387. The van der Waals surface area contributed by atoms with Crippen molar-refractivity contribution in [3.63, 3.8) is 0 Å².